The number of likely N-dealkylation sites (N-methyl/N-ethyl adjacent to an activating group) is 1. The van der Waals surface area contributed by atoms with Crippen molar-refractivity contribution in [1.82, 2.24) is 10.2 Å². The first kappa shape index (κ1) is 16.9. The van der Waals surface area contributed by atoms with Crippen LogP contribution in [0.25, 0.3) is 0 Å². The van der Waals surface area contributed by atoms with Gasteiger partial charge < -0.3 is 24.8 Å². The number of carboxylic acids is 1. The third-order valence-electron chi connectivity index (χ3n) is 4.39. The van der Waals surface area contributed by atoms with E-state index < -0.39 is 11.9 Å². The molecule has 0 fully saturated rings. The number of hydrogen-bond acceptors (Lipinski definition) is 5. The molecule has 1 unspecified atom stereocenters. The number of benzene rings is 1. The maximum Gasteiger partial charge on any atom is 0.334 e. The first-order valence-electron chi connectivity index (χ1n) is 7.93. The smallest absolute Gasteiger partial charge is 0.334 e. The van der Waals surface area contributed by atoms with E-state index in [1.54, 1.807) is 26.1 Å². The average molecular weight is 344 g/mol. The molecule has 2 aliphatic rings. The quantitative estimate of drug-likeness (QED) is 0.810. The van der Waals surface area contributed by atoms with Crippen molar-refractivity contribution in [3.05, 3.63) is 46.4 Å². The molecule has 132 valence electrons. The summed E-state index contributed by atoms with van der Waals surface area (Å²) in [5.41, 5.74) is 2.80. The van der Waals surface area contributed by atoms with Gasteiger partial charge in [-0.3, -0.25) is 4.79 Å². The van der Waals surface area contributed by atoms with Crippen molar-refractivity contribution in [2.75, 3.05) is 20.3 Å². The second kappa shape index (κ2) is 6.51. The first-order chi connectivity index (χ1) is 11.9. The summed E-state index contributed by atoms with van der Waals surface area (Å²) in [5, 5.41) is 12.8. The highest BCUT2D eigenvalue weighted by Crippen LogP contribution is 2.42. The number of carboxylic acid groups (broad SMARTS) is 1. The Kier molecular flexibility index (Phi) is 4.39. The Morgan fingerprint density at radius 3 is 2.56 bits per heavy atom. The summed E-state index contributed by atoms with van der Waals surface area (Å²) in [6.45, 7) is 4.47. The van der Waals surface area contributed by atoms with Gasteiger partial charge in [-0.1, -0.05) is 6.07 Å². The van der Waals surface area contributed by atoms with E-state index in [1.807, 2.05) is 13.0 Å². The zero-order valence-electron chi connectivity index (χ0n) is 14.3. The van der Waals surface area contributed by atoms with E-state index in [1.165, 1.54) is 4.90 Å². The summed E-state index contributed by atoms with van der Waals surface area (Å²) >= 11 is 0. The van der Waals surface area contributed by atoms with Gasteiger partial charge in [0.05, 0.1) is 17.2 Å². The molecule has 25 heavy (non-hydrogen) atoms. The van der Waals surface area contributed by atoms with Crippen LogP contribution in [0.1, 0.15) is 25.3 Å². The van der Waals surface area contributed by atoms with Crippen molar-refractivity contribution in [3.8, 4) is 11.5 Å². The third-order valence-corrected chi connectivity index (χ3v) is 4.39. The average Bonchev–Trinajstić information content (AvgIpc) is 2.59. The van der Waals surface area contributed by atoms with Crippen molar-refractivity contribution < 1.29 is 24.2 Å². The topological polar surface area (TPSA) is 88.1 Å². The Morgan fingerprint density at radius 2 is 1.92 bits per heavy atom. The molecule has 0 spiro atoms. The molecule has 1 atom stereocenters. The fourth-order valence-corrected chi connectivity index (χ4v) is 3.36. The number of dihydropyridines is 1. The number of hydrogen-bond donors (Lipinski definition) is 2. The van der Waals surface area contributed by atoms with Gasteiger partial charge in [0.2, 0.25) is 6.41 Å². The number of nitrogens with one attached hydrogen (secondary N) is 1. The monoisotopic (exact) mass is 344 g/mol. The van der Waals surface area contributed by atoms with E-state index in [4.69, 9.17) is 9.47 Å². The van der Waals surface area contributed by atoms with Crippen molar-refractivity contribution in [2.45, 2.75) is 19.8 Å². The highest BCUT2D eigenvalue weighted by molar-refractivity contribution is 5.91. The third kappa shape index (κ3) is 2.93. The van der Waals surface area contributed by atoms with Gasteiger partial charge in [-0.2, -0.15) is 0 Å². The van der Waals surface area contributed by atoms with E-state index in [0.717, 1.165) is 11.3 Å². The van der Waals surface area contributed by atoms with Crippen LogP contribution in [0.3, 0.4) is 0 Å². The van der Waals surface area contributed by atoms with Gasteiger partial charge in [0.15, 0.2) is 11.5 Å². The molecule has 7 heteroatoms. The van der Waals surface area contributed by atoms with Crippen molar-refractivity contribution in [3.63, 3.8) is 0 Å². The van der Waals surface area contributed by atoms with Crippen LogP contribution in [-0.2, 0) is 9.59 Å². The molecule has 0 radical (unpaired) electrons. The summed E-state index contributed by atoms with van der Waals surface area (Å²) in [7, 11) is 1.61. The molecule has 2 N–H and O–H groups in total. The van der Waals surface area contributed by atoms with Crippen LogP contribution in [0.5, 0.6) is 11.5 Å². The molecule has 0 saturated carbocycles. The van der Waals surface area contributed by atoms with Crippen molar-refractivity contribution in [2.24, 2.45) is 0 Å². The number of aliphatic carboxylic acids is 1. The van der Waals surface area contributed by atoms with E-state index in [2.05, 4.69) is 5.32 Å². The first-order valence-corrected chi connectivity index (χ1v) is 7.93. The second-order valence-corrected chi connectivity index (χ2v) is 6.03. The predicted molar refractivity (Wildman–Crippen MR) is 90.2 cm³/mol. The van der Waals surface area contributed by atoms with Gasteiger partial charge in [0.1, 0.15) is 13.2 Å². The standard InChI is InChI=1S/C18H20N2O5/c1-10-15(18(22)23)16(17(11(2)19-10)20(3)9-21)12-4-5-13-14(8-12)25-7-6-24-13/h4-5,8-9,16,19H,6-7H2,1-3H3,(H,22,23). The molecule has 7 nitrogen and oxygen atoms in total. The van der Waals surface area contributed by atoms with E-state index in [0.29, 0.717) is 42.5 Å². The second-order valence-electron chi connectivity index (χ2n) is 6.03. The van der Waals surface area contributed by atoms with Crippen LogP contribution < -0.4 is 14.8 Å². The van der Waals surface area contributed by atoms with Gasteiger partial charge in [-0.15, -0.1) is 0 Å². The lowest BCUT2D eigenvalue weighted by Gasteiger charge is -2.34. The number of rotatable bonds is 4. The van der Waals surface area contributed by atoms with Gasteiger partial charge in [-0.25, -0.2) is 4.79 Å². The Hall–Kier alpha value is -2.96. The maximum absolute atomic E-state index is 11.9. The minimum atomic E-state index is -1.03. The van der Waals surface area contributed by atoms with Crippen LogP contribution >= 0.6 is 0 Å². The summed E-state index contributed by atoms with van der Waals surface area (Å²) in [6.07, 6.45) is 0.672. The number of carbonyl (C=O) groups is 2. The molecule has 1 aromatic carbocycles. The van der Waals surface area contributed by atoms with Gasteiger partial charge >= 0.3 is 5.97 Å². The largest absolute Gasteiger partial charge is 0.486 e. The number of amides is 1. The summed E-state index contributed by atoms with van der Waals surface area (Å²) in [5.74, 6) is -0.415. The summed E-state index contributed by atoms with van der Waals surface area (Å²) < 4.78 is 11.2. The van der Waals surface area contributed by atoms with Crippen LogP contribution in [0.15, 0.2) is 40.9 Å². The van der Waals surface area contributed by atoms with Crippen LogP contribution in [-0.4, -0.2) is 42.6 Å². The normalized spacial score (nSPS) is 19.4. The molecule has 0 aromatic heterocycles. The fourth-order valence-electron chi connectivity index (χ4n) is 3.36. The van der Waals surface area contributed by atoms with Crippen molar-refractivity contribution in [1.29, 1.82) is 0 Å². The zero-order valence-corrected chi connectivity index (χ0v) is 14.3. The number of allylic oxidation sites excluding steroid dienone is 3. The van der Waals surface area contributed by atoms with Gasteiger partial charge in [0.25, 0.3) is 0 Å². The van der Waals surface area contributed by atoms with Crippen LogP contribution in [0.2, 0.25) is 0 Å². The highest BCUT2D eigenvalue weighted by atomic mass is 16.6. The molecule has 2 heterocycles. The Balaban J connectivity index is 2.17. The molecular weight excluding hydrogens is 324 g/mol. The van der Waals surface area contributed by atoms with Crippen LogP contribution in [0.4, 0.5) is 0 Å². The van der Waals surface area contributed by atoms with Crippen molar-refractivity contribution >= 4 is 12.4 Å². The Labute approximate surface area is 145 Å². The van der Waals surface area contributed by atoms with Gasteiger partial charge in [-0.05, 0) is 31.5 Å². The SMILES string of the molecule is CC1=C(C(=O)O)C(c2ccc3c(c2)OCCO3)C(N(C)C=O)=C(C)N1. The molecule has 3 rings (SSSR count). The summed E-state index contributed by atoms with van der Waals surface area (Å²) in [4.78, 5) is 24.7. The molecule has 0 saturated heterocycles. The van der Waals surface area contributed by atoms with E-state index in [-0.39, 0.29) is 5.57 Å². The lowest BCUT2D eigenvalue weighted by molar-refractivity contribution is -0.133. The Morgan fingerprint density at radius 1 is 1.24 bits per heavy atom. The number of fused-ring (bicyclic) bond motifs is 1. The molecule has 2 aliphatic heterocycles. The summed E-state index contributed by atoms with van der Waals surface area (Å²) in [6, 6.07) is 5.37. The van der Waals surface area contributed by atoms with Crippen LogP contribution in [0, 0.1) is 0 Å². The fraction of sp³-hybridized carbons (Fsp3) is 0.333. The lowest BCUT2D eigenvalue weighted by atomic mass is 9.83. The molecular formula is C18H20N2O5. The number of carbonyl (C=O) groups excluding carboxylic acids is 1. The van der Waals surface area contributed by atoms with E-state index >= 15 is 0 Å². The molecule has 1 amide bonds. The minimum absolute atomic E-state index is 0.200. The zero-order chi connectivity index (χ0) is 18.1. The maximum atomic E-state index is 11.9. The van der Waals surface area contributed by atoms with Gasteiger partial charge in [0, 0.05) is 18.4 Å². The highest BCUT2D eigenvalue weighted by Gasteiger charge is 2.35. The lowest BCUT2D eigenvalue weighted by Crippen LogP contribution is -2.34. The Bertz CT molecular complexity index is 797. The minimum Gasteiger partial charge on any atom is -0.486 e. The van der Waals surface area contributed by atoms with E-state index in [9.17, 15) is 14.7 Å². The molecule has 1 aromatic rings. The predicted octanol–water partition coefficient (Wildman–Crippen LogP) is 1.82. The number of ether oxygens (including phenoxy) is 2. The molecule has 0 aliphatic carbocycles. The molecule has 0 bridgehead atoms. The number of nitrogens with zero attached hydrogens (tertiary/aromatic N) is 1.